The molecule has 0 bridgehead atoms. The van der Waals surface area contributed by atoms with Crippen LogP contribution in [0.5, 0.6) is 0 Å². The first kappa shape index (κ1) is 19.8. The summed E-state index contributed by atoms with van der Waals surface area (Å²) >= 11 is 0. The minimum Gasteiger partial charge on any atom is -0.469 e. The van der Waals surface area contributed by atoms with Crippen molar-refractivity contribution in [2.75, 3.05) is 32.7 Å². The number of amides is 1. The molecule has 0 aromatic carbocycles. The zero-order valence-electron chi connectivity index (χ0n) is 14.5. The number of hydrogen-bond acceptors (Lipinski definition) is 3. The minimum absolute atomic E-state index is 0. The Hall–Kier alpha value is -1.51. The first-order valence-electron chi connectivity index (χ1n) is 8.64. The highest BCUT2D eigenvalue weighted by atomic mass is 127. The lowest BCUT2D eigenvalue weighted by Crippen LogP contribution is -2.51. The summed E-state index contributed by atoms with van der Waals surface area (Å²) in [6.07, 6.45) is 7.12. The van der Waals surface area contributed by atoms with E-state index in [1.807, 2.05) is 18.2 Å². The highest BCUT2D eigenvalue weighted by Gasteiger charge is 2.42. The summed E-state index contributed by atoms with van der Waals surface area (Å²) in [6, 6.07) is 3.87. The quantitative estimate of drug-likeness (QED) is 0.307. The Morgan fingerprint density at radius 1 is 1.56 bits per heavy atom. The molecule has 1 unspecified atom stereocenters. The average molecular weight is 458 g/mol. The number of piperidine rings is 1. The number of halogens is 1. The number of carbonyl (C=O) groups excluding carboxylic acids is 1. The average Bonchev–Trinajstić information content (AvgIpc) is 3.21. The van der Waals surface area contributed by atoms with Crippen LogP contribution in [0.15, 0.2) is 40.5 Å². The molecule has 1 aromatic rings. The predicted molar refractivity (Wildman–Crippen MR) is 109 cm³/mol. The fraction of sp³-hybridized carbons (Fsp3) is 0.556. The maximum Gasteiger partial charge on any atom is 0.220 e. The third kappa shape index (κ3) is 5.23. The van der Waals surface area contributed by atoms with Gasteiger partial charge in [0.25, 0.3) is 0 Å². The molecule has 25 heavy (non-hydrogen) atoms. The molecule has 1 amide bonds. The molecule has 0 saturated carbocycles. The van der Waals surface area contributed by atoms with Crippen LogP contribution in [-0.2, 0) is 11.2 Å². The molecule has 138 valence electrons. The van der Waals surface area contributed by atoms with E-state index in [1.54, 1.807) is 6.26 Å². The molecule has 1 aromatic heterocycles. The lowest BCUT2D eigenvalue weighted by atomic mass is 9.79. The first-order chi connectivity index (χ1) is 11.7. The van der Waals surface area contributed by atoms with E-state index in [0.29, 0.717) is 19.5 Å². The molecule has 3 rings (SSSR count). The van der Waals surface area contributed by atoms with Gasteiger partial charge in [0.2, 0.25) is 5.91 Å². The van der Waals surface area contributed by atoms with Gasteiger partial charge in [0.15, 0.2) is 5.96 Å². The van der Waals surface area contributed by atoms with Crippen LogP contribution in [0.4, 0.5) is 0 Å². The van der Waals surface area contributed by atoms with Crippen molar-refractivity contribution in [3.05, 3.63) is 36.8 Å². The van der Waals surface area contributed by atoms with Crippen LogP contribution in [-0.4, -0.2) is 49.5 Å². The van der Waals surface area contributed by atoms with Gasteiger partial charge in [0.1, 0.15) is 5.76 Å². The summed E-state index contributed by atoms with van der Waals surface area (Å²) in [5.74, 6) is 2.02. The molecule has 2 saturated heterocycles. The lowest BCUT2D eigenvalue weighted by molar-refractivity contribution is -0.119. The molecule has 0 radical (unpaired) electrons. The van der Waals surface area contributed by atoms with E-state index >= 15 is 0 Å². The van der Waals surface area contributed by atoms with Crippen molar-refractivity contribution in [1.82, 2.24) is 15.5 Å². The molecule has 1 spiro atoms. The second-order valence-corrected chi connectivity index (χ2v) is 6.68. The van der Waals surface area contributed by atoms with E-state index < -0.39 is 0 Å². The van der Waals surface area contributed by atoms with Gasteiger partial charge in [-0.3, -0.25) is 9.79 Å². The summed E-state index contributed by atoms with van der Waals surface area (Å²) in [5.41, 5.74) is 0.0625. The van der Waals surface area contributed by atoms with Gasteiger partial charge in [0.05, 0.1) is 6.26 Å². The van der Waals surface area contributed by atoms with Crippen molar-refractivity contribution in [1.29, 1.82) is 0 Å². The van der Waals surface area contributed by atoms with Crippen LogP contribution in [0.3, 0.4) is 0 Å². The largest absolute Gasteiger partial charge is 0.469 e. The minimum atomic E-state index is 0. The summed E-state index contributed by atoms with van der Waals surface area (Å²) < 4.78 is 5.36. The second kappa shape index (κ2) is 9.26. The molecule has 6 nitrogen and oxygen atoms in total. The summed E-state index contributed by atoms with van der Waals surface area (Å²) in [5, 5.41) is 6.35. The van der Waals surface area contributed by atoms with Gasteiger partial charge in [0, 0.05) is 51.0 Å². The van der Waals surface area contributed by atoms with Crippen LogP contribution < -0.4 is 10.6 Å². The van der Waals surface area contributed by atoms with E-state index in [-0.39, 0.29) is 35.3 Å². The van der Waals surface area contributed by atoms with E-state index in [0.717, 1.165) is 50.6 Å². The summed E-state index contributed by atoms with van der Waals surface area (Å²) in [4.78, 5) is 18.7. The second-order valence-electron chi connectivity index (χ2n) is 6.68. The van der Waals surface area contributed by atoms with E-state index in [1.165, 1.54) is 0 Å². The van der Waals surface area contributed by atoms with Gasteiger partial charge in [-0.2, -0.15) is 0 Å². The van der Waals surface area contributed by atoms with Crippen molar-refractivity contribution >= 4 is 35.8 Å². The maximum absolute atomic E-state index is 11.7. The molecule has 3 heterocycles. The van der Waals surface area contributed by atoms with Crippen molar-refractivity contribution in [3.8, 4) is 0 Å². The van der Waals surface area contributed by atoms with Gasteiger partial charge in [-0.05, 0) is 25.0 Å². The summed E-state index contributed by atoms with van der Waals surface area (Å²) in [7, 11) is 0. The van der Waals surface area contributed by atoms with E-state index in [9.17, 15) is 4.79 Å². The number of rotatable bonds is 5. The monoisotopic (exact) mass is 458 g/mol. The number of nitrogens with zero attached hydrogens (tertiary/aromatic N) is 2. The van der Waals surface area contributed by atoms with Crippen molar-refractivity contribution < 1.29 is 9.21 Å². The predicted octanol–water partition coefficient (Wildman–Crippen LogP) is 2.17. The van der Waals surface area contributed by atoms with Crippen molar-refractivity contribution in [2.24, 2.45) is 10.4 Å². The SMILES string of the molecule is C=CCNC(=NCCc1ccco1)N1CCCC2(CNC(=O)C2)C1.I. The fourth-order valence-electron chi connectivity index (χ4n) is 3.59. The zero-order chi connectivity index (χ0) is 16.8. The molecular weight excluding hydrogens is 431 g/mol. The van der Waals surface area contributed by atoms with Crippen LogP contribution >= 0.6 is 24.0 Å². The lowest BCUT2D eigenvalue weighted by Gasteiger charge is -2.40. The molecule has 2 aliphatic heterocycles. The van der Waals surface area contributed by atoms with Gasteiger partial charge in [-0.15, -0.1) is 30.6 Å². The molecule has 2 N–H and O–H groups in total. The fourth-order valence-corrected chi connectivity index (χ4v) is 3.59. The van der Waals surface area contributed by atoms with Gasteiger partial charge in [-0.25, -0.2) is 0 Å². The number of nitrogens with one attached hydrogen (secondary N) is 2. The summed E-state index contributed by atoms with van der Waals surface area (Å²) in [6.45, 7) is 7.75. The Morgan fingerprint density at radius 3 is 3.12 bits per heavy atom. The molecule has 0 aliphatic carbocycles. The Kier molecular flexibility index (Phi) is 7.34. The molecule has 2 fully saturated rings. The van der Waals surface area contributed by atoms with Crippen LogP contribution in [0, 0.1) is 5.41 Å². The highest BCUT2D eigenvalue weighted by molar-refractivity contribution is 14.0. The van der Waals surface area contributed by atoms with Gasteiger partial charge < -0.3 is 20.0 Å². The van der Waals surface area contributed by atoms with E-state index in [4.69, 9.17) is 9.41 Å². The number of guanidine groups is 1. The third-order valence-electron chi connectivity index (χ3n) is 4.76. The van der Waals surface area contributed by atoms with Crippen LogP contribution in [0.25, 0.3) is 0 Å². The van der Waals surface area contributed by atoms with Crippen molar-refractivity contribution in [3.63, 3.8) is 0 Å². The van der Waals surface area contributed by atoms with Crippen LogP contribution in [0.1, 0.15) is 25.0 Å². The number of likely N-dealkylation sites (tertiary alicyclic amines) is 1. The smallest absolute Gasteiger partial charge is 0.220 e. The van der Waals surface area contributed by atoms with E-state index in [2.05, 4.69) is 22.1 Å². The Balaban J connectivity index is 0.00000225. The Bertz CT molecular complexity index is 602. The number of hydrogen-bond donors (Lipinski definition) is 2. The first-order valence-corrected chi connectivity index (χ1v) is 8.64. The number of furan rings is 1. The normalized spacial score (nSPS) is 23.3. The van der Waals surface area contributed by atoms with Crippen molar-refractivity contribution in [2.45, 2.75) is 25.7 Å². The standard InChI is InChI=1S/C18H26N4O2.HI/c1-2-8-19-17(20-9-6-15-5-3-11-24-15)22-10-4-7-18(14-22)12-16(23)21-13-18;/h2-3,5,11H,1,4,6-10,12-14H2,(H,19,20)(H,21,23);1H. The Morgan fingerprint density at radius 2 is 2.44 bits per heavy atom. The Labute approximate surface area is 166 Å². The molecule has 2 aliphatic rings. The zero-order valence-corrected chi connectivity index (χ0v) is 16.8. The molecule has 1 atom stereocenters. The number of aliphatic imine (C=N–C) groups is 1. The molecule has 7 heteroatoms. The van der Waals surface area contributed by atoms with Gasteiger partial charge >= 0.3 is 0 Å². The maximum atomic E-state index is 11.7. The molecular formula is C18H27IN4O2. The topological polar surface area (TPSA) is 69.9 Å². The van der Waals surface area contributed by atoms with Gasteiger partial charge in [-0.1, -0.05) is 6.08 Å². The third-order valence-corrected chi connectivity index (χ3v) is 4.76. The highest BCUT2D eigenvalue weighted by Crippen LogP contribution is 2.35. The van der Waals surface area contributed by atoms with Crippen LogP contribution in [0.2, 0.25) is 0 Å². The number of carbonyl (C=O) groups is 1.